The fraction of sp³-hybridized carbons (Fsp3) is 0.565. The molecule has 33 heavy (non-hydrogen) atoms. The number of morpholine rings is 1. The summed E-state index contributed by atoms with van der Waals surface area (Å²) < 4.78 is 8.48. The van der Waals surface area contributed by atoms with Crippen LogP contribution in [-0.4, -0.2) is 87.9 Å². The van der Waals surface area contributed by atoms with Crippen LogP contribution < -0.4 is 4.90 Å². The molecule has 3 aromatic heterocycles. The first-order valence-corrected chi connectivity index (χ1v) is 12.5. The molecule has 0 unspecified atom stereocenters. The summed E-state index contributed by atoms with van der Waals surface area (Å²) in [6.07, 6.45) is 3.90. The maximum absolute atomic E-state index is 8.31. The van der Waals surface area contributed by atoms with Crippen molar-refractivity contribution in [3.8, 4) is 11.3 Å². The number of anilines is 1. The summed E-state index contributed by atoms with van der Waals surface area (Å²) in [7, 11) is 1.93. The number of nitrogens with zero attached hydrogens (tertiary/aromatic N) is 7. The van der Waals surface area contributed by atoms with Crippen molar-refractivity contribution in [2.24, 2.45) is 13.0 Å². The monoisotopic (exact) mass is 468 g/mol. The highest BCUT2D eigenvalue weighted by molar-refractivity contribution is 7.17. The van der Waals surface area contributed by atoms with Gasteiger partial charge in [-0.25, -0.2) is 9.97 Å². The average molecular weight is 469 g/mol. The van der Waals surface area contributed by atoms with Crippen LogP contribution in [-0.2, 0) is 18.3 Å². The number of hydrogen-bond donors (Lipinski definition) is 1. The summed E-state index contributed by atoms with van der Waals surface area (Å²) in [4.78, 5) is 17.0. The van der Waals surface area contributed by atoms with Crippen LogP contribution >= 0.6 is 11.3 Å². The third-order valence-electron chi connectivity index (χ3n) is 6.40. The molecule has 0 aromatic carbocycles. The molecule has 0 radical (unpaired) electrons. The number of hydrogen-bond acceptors (Lipinski definition) is 8. The minimum Gasteiger partial charge on any atom is -0.378 e. The van der Waals surface area contributed by atoms with Crippen molar-refractivity contribution >= 4 is 33.3 Å². The molecule has 5 heterocycles. The van der Waals surface area contributed by atoms with Crippen LogP contribution in [0.2, 0.25) is 0 Å². The number of amidine groups is 1. The Bertz CT molecular complexity index is 1120. The first-order valence-electron chi connectivity index (χ1n) is 11.6. The molecule has 5 rings (SSSR count). The number of piperazine rings is 1. The largest absolute Gasteiger partial charge is 0.378 e. The van der Waals surface area contributed by atoms with Gasteiger partial charge in [0.2, 0.25) is 5.95 Å². The number of fused-ring (bicyclic) bond motifs is 1. The van der Waals surface area contributed by atoms with E-state index in [0.717, 1.165) is 79.1 Å². The van der Waals surface area contributed by atoms with E-state index in [-0.39, 0.29) is 5.92 Å². The first kappa shape index (κ1) is 22.2. The summed E-state index contributed by atoms with van der Waals surface area (Å²) >= 11 is 1.72. The lowest BCUT2D eigenvalue weighted by Gasteiger charge is -2.37. The molecule has 0 atom stereocenters. The Labute approximate surface area is 198 Å². The SMILES string of the molecule is CC(C)C(=N)N1CCN(Cc2csc3c(-c4cnn(C)c4)nc(N4CCOCC4)nc23)CC1. The molecule has 3 aromatic rings. The van der Waals surface area contributed by atoms with E-state index in [4.69, 9.17) is 20.1 Å². The Balaban J connectivity index is 1.43. The predicted molar refractivity (Wildman–Crippen MR) is 132 cm³/mol. The maximum Gasteiger partial charge on any atom is 0.226 e. The number of aromatic nitrogens is 4. The van der Waals surface area contributed by atoms with Crippen molar-refractivity contribution in [3.63, 3.8) is 0 Å². The van der Waals surface area contributed by atoms with Gasteiger partial charge in [-0.3, -0.25) is 15.0 Å². The number of rotatable bonds is 5. The Morgan fingerprint density at radius 3 is 2.55 bits per heavy atom. The van der Waals surface area contributed by atoms with E-state index < -0.39 is 0 Å². The molecule has 176 valence electrons. The number of aryl methyl sites for hydroxylation is 1. The van der Waals surface area contributed by atoms with Crippen LogP contribution in [0, 0.1) is 11.3 Å². The molecule has 1 N–H and O–H groups in total. The Hall–Kier alpha value is -2.56. The summed E-state index contributed by atoms with van der Waals surface area (Å²) in [5.41, 5.74) is 4.28. The maximum atomic E-state index is 8.31. The van der Waals surface area contributed by atoms with Crippen molar-refractivity contribution in [1.82, 2.24) is 29.5 Å². The van der Waals surface area contributed by atoms with E-state index >= 15 is 0 Å². The molecule has 2 aliphatic heterocycles. The number of nitrogens with one attached hydrogen (secondary N) is 1. The fourth-order valence-electron chi connectivity index (χ4n) is 4.46. The highest BCUT2D eigenvalue weighted by Gasteiger charge is 2.24. The molecule has 10 heteroatoms. The quantitative estimate of drug-likeness (QED) is 0.455. The Morgan fingerprint density at radius 1 is 1.12 bits per heavy atom. The average Bonchev–Trinajstić information content (AvgIpc) is 3.45. The van der Waals surface area contributed by atoms with Crippen molar-refractivity contribution in [3.05, 3.63) is 23.3 Å². The molecule has 2 fully saturated rings. The molecular weight excluding hydrogens is 436 g/mol. The van der Waals surface area contributed by atoms with Gasteiger partial charge < -0.3 is 14.5 Å². The third kappa shape index (κ3) is 4.60. The van der Waals surface area contributed by atoms with E-state index in [1.165, 1.54) is 5.56 Å². The Morgan fingerprint density at radius 2 is 1.88 bits per heavy atom. The first-order chi connectivity index (χ1) is 16.0. The summed E-state index contributed by atoms with van der Waals surface area (Å²) in [6.45, 7) is 11.8. The van der Waals surface area contributed by atoms with Gasteiger partial charge in [0.1, 0.15) is 0 Å². The minimum atomic E-state index is 0.276. The van der Waals surface area contributed by atoms with Crippen molar-refractivity contribution in [2.75, 3.05) is 57.4 Å². The van der Waals surface area contributed by atoms with Crippen LogP contribution in [0.4, 0.5) is 5.95 Å². The number of ether oxygens (including phenoxy) is 1. The zero-order valence-electron chi connectivity index (χ0n) is 19.6. The minimum absolute atomic E-state index is 0.276. The lowest BCUT2D eigenvalue weighted by molar-refractivity contribution is 0.122. The molecule has 2 saturated heterocycles. The van der Waals surface area contributed by atoms with Gasteiger partial charge in [0, 0.05) is 76.1 Å². The lowest BCUT2D eigenvalue weighted by Crippen LogP contribution is -2.49. The standard InChI is InChI=1S/C23H32N8OS/c1-16(2)22(24)30-6-4-29(5-7-30)14-18-15-33-21-19(17-12-25-28(3)13-17)26-23(27-20(18)21)31-8-10-32-11-9-31/h12-13,15-16,24H,4-11,14H2,1-3H3. The third-order valence-corrected chi connectivity index (χ3v) is 7.43. The molecular formula is C23H32N8OS. The number of thiophene rings is 1. The molecule has 0 bridgehead atoms. The van der Waals surface area contributed by atoms with Crippen LogP contribution in [0.3, 0.4) is 0 Å². The van der Waals surface area contributed by atoms with Gasteiger partial charge in [-0.15, -0.1) is 11.3 Å². The molecule has 2 aliphatic rings. The second kappa shape index (κ2) is 9.36. The highest BCUT2D eigenvalue weighted by Crippen LogP contribution is 2.35. The molecule has 0 amide bonds. The normalized spacial score (nSPS) is 17.9. The van der Waals surface area contributed by atoms with E-state index in [1.54, 1.807) is 11.3 Å². The van der Waals surface area contributed by atoms with Crippen molar-refractivity contribution in [1.29, 1.82) is 5.41 Å². The summed E-state index contributed by atoms with van der Waals surface area (Å²) in [5, 5.41) is 14.9. The topological polar surface area (TPSA) is 86.4 Å². The molecule has 9 nitrogen and oxygen atoms in total. The van der Waals surface area contributed by atoms with Gasteiger partial charge in [0.05, 0.1) is 41.2 Å². The second-order valence-corrected chi connectivity index (χ2v) is 10.00. The molecule has 0 spiro atoms. The van der Waals surface area contributed by atoms with E-state index in [2.05, 4.69) is 39.0 Å². The second-order valence-electron chi connectivity index (χ2n) is 9.12. The van der Waals surface area contributed by atoms with E-state index in [9.17, 15) is 0 Å². The van der Waals surface area contributed by atoms with Crippen molar-refractivity contribution in [2.45, 2.75) is 20.4 Å². The van der Waals surface area contributed by atoms with Crippen molar-refractivity contribution < 1.29 is 4.74 Å². The van der Waals surface area contributed by atoms with E-state index in [1.807, 2.05) is 24.1 Å². The van der Waals surface area contributed by atoms with E-state index in [0.29, 0.717) is 13.2 Å². The predicted octanol–water partition coefficient (Wildman–Crippen LogP) is 2.68. The lowest BCUT2D eigenvalue weighted by atomic mass is 10.1. The molecule has 0 aliphatic carbocycles. The summed E-state index contributed by atoms with van der Waals surface area (Å²) in [5.74, 6) is 1.80. The zero-order chi connectivity index (χ0) is 22.9. The van der Waals surface area contributed by atoms with Gasteiger partial charge >= 0.3 is 0 Å². The highest BCUT2D eigenvalue weighted by atomic mass is 32.1. The van der Waals surface area contributed by atoms with Crippen LogP contribution in [0.5, 0.6) is 0 Å². The van der Waals surface area contributed by atoms with Crippen LogP contribution in [0.1, 0.15) is 19.4 Å². The Kier molecular flexibility index (Phi) is 6.31. The molecule has 0 saturated carbocycles. The fourth-order valence-corrected chi connectivity index (χ4v) is 5.47. The van der Waals surface area contributed by atoms with Crippen LogP contribution in [0.25, 0.3) is 21.5 Å². The van der Waals surface area contributed by atoms with Gasteiger partial charge in [-0.05, 0) is 5.38 Å². The van der Waals surface area contributed by atoms with Gasteiger partial charge in [-0.2, -0.15) is 5.10 Å². The van der Waals surface area contributed by atoms with Crippen LogP contribution in [0.15, 0.2) is 17.8 Å². The zero-order valence-corrected chi connectivity index (χ0v) is 20.4. The smallest absolute Gasteiger partial charge is 0.226 e. The van der Waals surface area contributed by atoms with Gasteiger partial charge in [0.15, 0.2) is 0 Å². The summed E-state index contributed by atoms with van der Waals surface area (Å²) in [6, 6.07) is 0. The van der Waals surface area contributed by atoms with Gasteiger partial charge in [0.25, 0.3) is 0 Å². The van der Waals surface area contributed by atoms with Gasteiger partial charge in [-0.1, -0.05) is 13.8 Å².